The Hall–Kier alpha value is -1.82. The second-order valence-electron chi connectivity index (χ2n) is 5.79. The molecule has 0 amide bonds. The van der Waals surface area contributed by atoms with Crippen LogP contribution in [0.2, 0.25) is 0 Å². The standard InChI is InChI=1S/C15H19FN4O4S2/c1-2-18-12-15(11-17-18)26(23,24)20-9-7-19(8-10-20)25(21,22)14-5-3-13(16)4-6-14/h3-6,11-12H,2,7-10H2,1H3. The van der Waals surface area contributed by atoms with Gasteiger partial charge in [-0.2, -0.15) is 13.7 Å². The van der Waals surface area contributed by atoms with Crippen LogP contribution in [0.3, 0.4) is 0 Å². The molecule has 2 heterocycles. The van der Waals surface area contributed by atoms with Gasteiger partial charge >= 0.3 is 0 Å². The lowest BCUT2D eigenvalue weighted by molar-refractivity contribution is 0.273. The first-order valence-electron chi connectivity index (χ1n) is 8.03. The van der Waals surface area contributed by atoms with E-state index in [1.807, 2.05) is 6.92 Å². The maximum Gasteiger partial charge on any atom is 0.246 e. The van der Waals surface area contributed by atoms with Gasteiger partial charge in [0.25, 0.3) is 0 Å². The number of benzene rings is 1. The van der Waals surface area contributed by atoms with Gasteiger partial charge in [0, 0.05) is 38.9 Å². The minimum Gasteiger partial charge on any atom is -0.272 e. The van der Waals surface area contributed by atoms with Crippen molar-refractivity contribution in [2.24, 2.45) is 0 Å². The Kier molecular flexibility index (Phi) is 5.15. The maximum atomic E-state index is 13.0. The van der Waals surface area contributed by atoms with Crippen molar-refractivity contribution in [2.75, 3.05) is 26.2 Å². The fraction of sp³-hybridized carbons (Fsp3) is 0.400. The number of rotatable bonds is 5. The van der Waals surface area contributed by atoms with E-state index in [1.54, 1.807) is 0 Å². The Balaban J connectivity index is 1.73. The summed E-state index contributed by atoms with van der Waals surface area (Å²) < 4.78 is 67.4. The van der Waals surface area contributed by atoms with E-state index in [0.29, 0.717) is 6.54 Å². The van der Waals surface area contributed by atoms with Gasteiger partial charge in [-0.15, -0.1) is 0 Å². The molecule has 3 rings (SSSR count). The summed E-state index contributed by atoms with van der Waals surface area (Å²) in [5.74, 6) is -0.521. The number of aromatic nitrogens is 2. The van der Waals surface area contributed by atoms with Crippen LogP contribution in [0.5, 0.6) is 0 Å². The molecule has 1 saturated heterocycles. The molecule has 0 atom stereocenters. The average molecular weight is 402 g/mol. The number of hydrogen-bond donors (Lipinski definition) is 0. The zero-order valence-corrected chi connectivity index (χ0v) is 15.7. The second kappa shape index (κ2) is 7.06. The Labute approximate surface area is 151 Å². The third kappa shape index (κ3) is 3.52. The molecule has 1 fully saturated rings. The van der Waals surface area contributed by atoms with E-state index in [2.05, 4.69) is 5.10 Å². The number of piperazine rings is 1. The zero-order chi connectivity index (χ0) is 18.9. The number of hydrogen-bond acceptors (Lipinski definition) is 5. The monoisotopic (exact) mass is 402 g/mol. The van der Waals surface area contributed by atoms with Gasteiger partial charge in [-0.1, -0.05) is 0 Å². The lowest BCUT2D eigenvalue weighted by Crippen LogP contribution is -2.50. The SMILES string of the molecule is CCn1cc(S(=O)(=O)N2CCN(S(=O)(=O)c3ccc(F)cc3)CC2)cn1. The van der Waals surface area contributed by atoms with E-state index >= 15 is 0 Å². The zero-order valence-electron chi connectivity index (χ0n) is 14.1. The summed E-state index contributed by atoms with van der Waals surface area (Å²) in [6, 6.07) is 4.57. The summed E-state index contributed by atoms with van der Waals surface area (Å²) in [7, 11) is -7.50. The summed E-state index contributed by atoms with van der Waals surface area (Å²) in [5, 5.41) is 3.97. The lowest BCUT2D eigenvalue weighted by atomic mass is 10.4. The molecule has 0 N–H and O–H groups in total. The van der Waals surface area contributed by atoms with Gasteiger partial charge in [-0.05, 0) is 31.2 Å². The quantitative estimate of drug-likeness (QED) is 0.735. The highest BCUT2D eigenvalue weighted by atomic mass is 32.2. The van der Waals surface area contributed by atoms with Crippen LogP contribution in [0.15, 0.2) is 46.5 Å². The van der Waals surface area contributed by atoms with Crippen molar-refractivity contribution in [1.82, 2.24) is 18.4 Å². The Morgan fingerprint density at radius 2 is 1.42 bits per heavy atom. The van der Waals surface area contributed by atoms with Crippen LogP contribution in [0, 0.1) is 5.82 Å². The summed E-state index contributed by atoms with van der Waals surface area (Å²) in [6.07, 6.45) is 2.75. The molecule has 26 heavy (non-hydrogen) atoms. The predicted octanol–water partition coefficient (Wildman–Crippen LogP) is 0.737. The van der Waals surface area contributed by atoms with Gasteiger partial charge in [0.1, 0.15) is 10.7 Å². The van der Waals surface area contributed by atoms with Crippen LogP contribution >= 0.6 is 0 Å². The van der Waals surface area contributed by atoms with E-state index in [1.165, 1.54) is 37.8 Å². The van der Waals surface area contributed by atoms with Crippen LogP contribution in [0.25, 0.3) is 0 Å². The fourth-order valence-electron chi connectivity index (χ4n) is 2.71. The smallest absolute Gasteiger partial charge is 0.246 e. The van der Waals surface area contributed by atoms with Crippen LogP contribution in [-0.2, 0) is 26.6 Å². The molecular formula is C15H19FN4O4S2. The van der Waals surface area contributed by atoms with Crippen molar-refractivity contribution < 1.29 is 21.2 Å². The first-order chi connectivity index (χ1) is 12.2. The van der Waals surface area contributed by atoms with E-state index in [4.69, 9.17) is 0 Å². The third-order valence-electron chi connectivity index (χ3n) is 4.22. The highest BCUT2D eigenvalue weighted by Crippen LogP contribution is 2.21. The largest absolute Gasteiger partial charge is 0.272 e. The molecule has 1 aromatic heterocycles. The van der Waals surface area contributed by atoms with Crippen LogP contribution in [0.4, 0.5) is 4.39 Å². The molecule has 142 valence electrons. The summed E-state index contributed by atoms with van der Waals surface area (Å²) in [6.45, 7) is 2.55. The van der Waals surface area contributed by atoms with Crippen LogP contribution in [-0.4, -0.2) is 61.4 Å². The summed E-state index contributed by atoms with van der Waals surface area (Å²) >= 11 is 0. The highest BCUT2D eigenvalue weighted by Gasteiger charge is 2.34. The third-order valence-corrected chi connectivity index (χ3v) is 7.98. The molecule has 2 aromatic rings. The van der Waals surface area contributed by atoms with E-state index < -0.39 is 25.9 Å². The molecule has 0 spiro atoms. The Morgan fingerprint density at radius 3 is 1.88 bits per heavy atom. The molecule has 0 saturated carbocycles. The lowest BCUT2D eigenvalue weighted by Gasteiger charge is -2.32. The van der Waals surface area contributed by atoms with Gasteiger partial charge in [-0.25, -0.2) is 21.2 Å². The first kappa shape index (κ1) is 19.0. The molecular weight excluding hydrogens is 383 g/mol. The van der Waals surface area contributed by atoms with Gasteiger partial charge in [0.2, 0.25) is 20.0 Å². The Morgan fingerprint density at radius 1 is 0.923 bits per heavy atom. The normalized spacial score (nSPS) is 17.5. The summed E-state index contributed by atoms with van der Waals surface area (Å²) in [4.78, 5) is 0.0774. The van der Waals surface area contributed by atoms with Crippen molar-refractivity contribution in [3.63, 3.8) is 0 Å². The first-order valence-corrected chi connectivity index (χ1v) is 10.9. The number of aryl methyl sites for hydroxylation is 1. The van der Waals surface area contributed by atoms with Crippen molar-refractivity contribution in [3.8, 4) is 0 Å². The predicted molar refractivity (Wildman–Crippen MR) is 91.8 cm³/mol. The minimum absolute atomic E-state index is 0.0144. The van der Waals surface area contributed by atoms with Gasteiger partial charge < -0.3 is 0 Å². The molecule has 11 heteroatoms. The molecule has 1 aliphatic heterocycles. The number of nitrogens with zero attached hydrogens (tertiary/aromatic N) is 4. The van der Waals surface area contributed by atoms with E-state index in [0.717, 1.165) is 12.1 Å². The molecule has 0 radical (unpaired) electrons. The average Bonchev–Trinajstić information content (AvgIpc) is 3.12. The molecule has 0 bridgehead atoms. The molecule has 0 aliphatic carbocycles. The van der Waals surface area contributed by atoms with Crippen LogP contribution in [0.1, 0.15) is 6.92 Å². The molecule has 0 unspecified atom stereocenters. The van der Waals surface area contributed by atoms with Gasteiger partial charge in [0.15, 0.2) is 0 Å². The topological polar surface area (TPSA) is 92.6 Å². The molecule has 8 nitrogen and oxygen atoms in total. The maximum absolute atomic E-state index is 13.0. The van der Waals surface area contributed by atoms with Gasteiger partial charge in [0.05, 0.1) is 11.1 Å². The van der Waals surface area contributed by atoms with E-state index in [-0.39, 0.29) is 36.0 Å². The summed E-state index contributed by atoms with van der Waals surface area (Å²) in [5.41, 5.74) is 0. The minimum atomic E-state index is -3.78. The van der Waals surface area contributed by atoms with Crippen LogP contribution < -0.4 is 0 Å². The van der Waals surface area contributed by atoms with Crippen molar-refractivity contribution in [2.45, 2.75) is 23.3 Å². The van der Waals surface area contributed by atoms with Gasteiger partial charge in [-0.3, -0.25) is 4.68 Å². The Bertz CT molecular complexity index is 979. The second-order valence-corrected chi connectivity index (χ2v) is 9.67. The highest BCUT2D eigenvalue weighted by molar-refractivity contribution is 7.89. The fourth-order valence-corrected chi connectivity index (χ4v) is 5.51. The molecule has 1 aliphatic rings. The van der Waals surface area contributed by atoms with Crippen molar-refractivity contribution in [1.29, 1.82) is 0 Å². The van der Waals surface area contributed by atoms with Crippen molar-refractivity contribution >= 4 is 20.0 Å². The van der Waals surface area contributed by atoms with E-state index in [9.17, 15) is 21.2 Å². The van der Waals surface area contributed by atoms with Crippen molar-refractivity contribution in [3.05, 3.63) is 42.5 Å². The number of halogens is 1. The molecule has 1 aromatic carbocycles. The number of sulfonamides is 2.